The van der Waals surface area contributed by atoms with Crippen LogP contribution in [0.1, 0.15) is 23.7 Å². The molecule has 1 saturated heterocycles. The maximum atomic E-state index is 13.2. The molecule has 0 radical (unpaired) electrons. The summed E-state index contributed by atoms with van der Waals surface area (Å²) in [6.45, 7) is 3.14. The second-order valence-corrected chi connectivity index (χ2v) is 5.70. The predicted molar refractivity (Wildman–Crippen MR) is 95.1 cm³/mol. The van der Waals surface area contributed by atoms with E-state index in [0.717, 1.165) is 37.2 Å². The number of rotatable bonds is 6. The highest BCUT2D eigenvalue weighted by atomic mass is 35.5. The summed E-state index contributed by atoms with van der Waals surface area (Å²) in [5.74, 6) is -0.234. The van der Waals surface area contributed by atoms with Crippen molar-refractivity contribution < 1.29 is 13.9 Å². The van der Waals surface area contributed by atoms with Gasteiger partial charge in [0.1, 0.15) is 11.9 Å². The third-order valence-electron chi connectivity index (χ3n) is 4.00. The fourth-order valence-corrected chi connectivity index (χ4v) is 2.77. The third-order valence-corrected chi connectivity index (χ3v) is 4.00. The van der Waals surface area contributed by atoms with E-state index in [9.17, 15) is 4.39 Å². The van der Waals surface area contributed by atoms with Crippen LogP contribution in [0.3, 0.4) is 0 Å². The number of benzene rings is 2. The third kappa shape index (κ3) is 5.28. The molecule has 3 nitrogen and oxygen atoms in total. The van der Waals surface area contributed by atoms with E-state index >= 15 is 0 Å². The molecular weight excluding hydrogens is 329 g/mol. The van der Waals surface area contributed by atoms with Gasteiger partial charge in [-0.3, -0.25) is 0 Å². The van der Waals surface area contributed by atoms with Crippen LogP contribution in [0.2, 0.25) is 0 Å². The monoisotopic (exact) mass is 351 g/mol. The number of morpholine rings is 1. The fraction of sp³-hybridized carbons (Fsp3) is 0.368. The lowest BCUT2D eigenvalue weighted by atomic mass is 10.0. The molecule has 5 heteroatoms. The van der Waals surface area contributed by atoms with Gasteiger partial charge < -0.3 is 14.8 Å². The maximum Gasteiger partial charge on any atom is 0.123 e. The Kier molecular flexibility index (Phi) is 7.66. The fourth-order valence-electron chi connectivity index (χ4n) is 2.77. The smallest absolute Gasteiger partial charge is 0.123 e. The Morgan fingerprint density at radius 3 is 2.46 bits per heavy atom. The van der Waals surface area contributed by atoms with E-state index in [2.05, 4.69) is 5.32 Å². The molecule has 0 aromatic heterocycles. The van der Waals surface area contributed by atoms with Crippen LogP contribution in [0.4, 0.5) is 4.39 Å². The van der Waals surface area contributed by atoms with Gasteiger partial charge in [0.25, 0.3) is 0 Å². The predicted octanol–water partition coefficient (Wildman–Crippen LogP) is 3.73. The van der Waals surface area contributed by atoms with Crippen molar-refractivity contribution in [2.45, 2.75) is 18.6 Å². The Morgan fingerprint density at radius 2 is 1.79 bits per heavy atom. The van der Waals surface area contributed by atoms with Crippen LogP contribution >= 0.6 is 12.4 Å². The number of ether oxygens (including phenoxy) is 2. The van der Waals surface area contributed by atoms with Crippen LogP contribution < -0.4 is 5.32 Å². The number of nitrogens with one attached hydrogen (secondary N) is 1. The van der Waals surface area contributed by atoms with Crippen molar-refractivity contribution in [3.8, 4) is 0 Å². The van der Waals surface area contributed by atoms with Gasteiger partial charge in [-0.05, 0) is 29.7 Å². The first-order valence-electron chi connectivity index (χ1n) is 8.07. The first kappa shape index (κ1) is 18.9. The molecule has 2 unspecified atom stereocenters. The number of hydrogen-bond acceptors (Lipinski definition) is 3. The van der Waals surface area contributed by atoms with Crippen molar-refractivity contribution in [1.82, 2.24) is 5.32 Å². The van der Waals surface area contributed by atoms with E-state index in [0.29, 0.717) is 6.61 Å². The topological polar surface area (TPSA) is 30.5 Å². The summed E-state index contributed by atoms with van der Waals surface area (Å²) in [6.07, 6.45) is 0.860. The summed E-state index contributed by atoms with van der Waals surface area (Å²) in [6, 6.07) is 16.5. The van der Waals surface area contributed by atoms with E-state index in [-0.39, 0.29) is 30.4 Å². The summed E-state index contributed by atoms with van der Waals surface area (Å²) >= 11 is 0. The molecule has 2 atom stereocenters. The molecule has 2 aromatic carbocycles. The molecule has 1 N–H and O–H groups in total. The van der Waals surface area contributed by atoms with Gasteiger partial charge in [-0.25, -0.2) is 4.39 Å². The van der Waals surface area contributed by atoms with Crippen LogP contribution in [0, 0.1) is 5.82 Å². The van der Waals surface area contributed by atoms with Crippen LogP contribution in [0.5, 0.6) is 0 Å². The van der Waals surface area contributed by atoms with Gasteiger partial charge in [0.2, 0.25) is 0 Å². The average Bonchev–Trinajstić information content (AvgIpc) is 2.61. The molecule has 24 heavy (non-hydrogen) atoms. The van der Waals surface area contributed by atoms with Crippen molar-refractivity contribution in [3.63, 3.8) is 0 Å². The van der Waals surface area contributed by atoms with E-state index in [1.807, 2.05) is 30.3 Å². The summed E-state index contributed by atoms with van der Waals surface area (Å²) in [5, 5.41) is 3.32. The van der Waals surface area contributed by atoms with Crippen molar-refractivity contribution in [2.75, 3.05) is 26.3 Å². The summed E-state index contributed by atoms with van der Waals surface area (Å²) in [7, 11) is 0. The Labute approximate surface area is 148 Å². The first-order chi connectivity index (χ1) is 11.3. The Balaban J connectivity index is 0.00000208. The van der Waals surface area contributed by atoms with Crippen LogP contribution in [0.15, 0.2) is 54.6 Å². The normalized spacial score (nSPS) is 18.6. The lowest BCUT2D eigenvalue weighted by Gasteiger charge is -2.25. The Hall–Kier alpha value is -1.46. The highest BCUT2D eigenvalue weighted by molar-refractivity contribution is 5.85. The van der Waals surface area contributed by atoms with Crippen LogP contribution in [-0.4, -0.2) is 32.4 Å². The second kappa shape index (κ2) is 9.74. The Bertz CT molecular complexity index is 588. The molecule has 1 heterocycles. The molecule has 0 amide bonds. The molecule has 0 bridgehead atoms. The van der Waals surface area contributed by atoms with Gasteiger partial charge in [-0.2, -0.15) is 0 Å². The molecular formula is C19H23ClFNO2. The van der Waals surface area contributed by atoms with Crippen LogP contribution in [-0.2, 0) is 9.47 Å². The van der Waals surface area contributed by atoms with Crippen LogP contribution in [0.25, 0.3) is 0 Å². The summed E-state index contributed by atoms with van der Waals surface area (Å²) < 4.78 is 25.0. The molecule has 130 valence electrons. The molecule has 0 aliphatic carbocycles. The molecule has 1 aliphatic rings. The highest BCUT2D eigenvalue weighted by Crippen LogP contribution is 2.26. The van der Waals surface area contributed by atoms with Gasteiger partial charge in [0, 0.05) is 13.1 Å². The van der Waals surface area contributed by atoms with Gasteiger partial charge in [0.15, 0.2) is 0 Å². The largest absolute Gasteiger partial charge is 0.375 e. The molecule has 3 rings (SSSR count). The SMILES string of the molecule is Cl.Fc1ccc(C(OCCC2CNCCO2)c2ccccc2)cc1. The van der Waals surface area contributed by atoms with Crippen molar-refractivity contribution >= 4 is 12.4 Å². The molecule has 1 aliphatic heterocycles. The van der Waals surface area contributed by atoms with Crippen molar-refractivity contribution in [3.05, 3.63) is 71.5 Å². The van der Waals surface area contributed by atoms with Crippen molar-refractivity contribution in [1.29, 1.82) is 0 Å². The van der Waals surface area contributed by atoms with E-state index in [1.54, 1.807) is 12.1 Å². The van der Waals surface area contributed by atoms with Gasteiger partial charge in [0.05, 0.1) is 19.3 Å². The quantitative estimate of drug-likeness (QED) is 0.860. The van der Waals surface area contributed by atoms with E-state index in [4.69, 9.17) is 9.47 Å². The average molecular weight is 352 g/mol. The lowest BCUT2D eigenvalue weighted by Crippen LogP contribution is -2.39. The number of hydrogen-bond donors (Lipinski definition) is 1. The molecule has 0 saturated carbocycles. The minimum absolute atomic E-state index is 0. The highest BCUT2D eigenvalue weighted by Gasteiger charge is 2.17. The van der Waals surface area contributed by atoms with Gasteiger partial charge in [-0.15, -0.1) is 12.4 Å². The van der Waals surface area contributed by atoms with Crippen molar-refractivity contribution in [2.24, 2.45) is 0 Å². The minimum Gasteiger partial charge on any atom is -0.375 e. The molecule has 1 fully saturated rings. The van der Waals surface area contributed by atoms with E-state index in [1.165, 1.54) is 12.1 Å². The summed E-state index contributed by atoms with van der Waals surface area (Å²) in [4.78, 5) is 0. The zero-order valence-corrected chi connectivity index (χ0v) is 14.3. The number of halogens is 2. The van der Waals surface area contributed by atoms with Gasteiger partial charge in [-0.1, -0.05) is 42.5 Å². The molecule has 2 aromatic rings. The minimum atomic E-state index is -0.234. The Morgan fingerprint density at radius 1 is 1.08 bits per heavy atom. The van der Waals surface area contributed by atoms with Gasteiger partial charge >= 0.3 is 0 Å². The standard InChI is InChI=1S/C19H22FNO2.ClH/c20-17-8-6-16(7-9-17)19(15-4-2-1-3-5-15)23-12-10-18-14-21-11-13-22-18;/h1-9,18-19,21H,10-14H2;1H. The summed E-state index contributed by atoms with van der Waals surface area (Å²) in [5.41, 5.74) is 2.03. The first-order valence-corrected chi connectivity index (χ1v) is 8.07. The second-order valence-electron chi connectivity index (χ2n) is 5.70. The zero-order valence-electron chi connectivity index (χ0n) is 13.5. The van der Waals surface area contributed by atoms with E-state index < -0.39 is 0 Å². The molecule has 0 spiro atoms. The zero-order chi connectivity index (χ0) is 15.9. The lowest BCUT2D eigenvalue weighted by molar-refractivity contribution is -0.00715. The maximum absolute atomic E-state index is 13.2.